The number of methoxy groups -OCH3 is 1. The Kier molecular flexibility index (Phi) is 5.84. The summed E-state index contributed by atoms with van der Waals surface area (Å²) in [5.41, 5.74) is 6.06. The molecule has 28 heavy (non-hydrogen) atoms. The van der Waals surface area contributed by atoms with Gasteiger partial charge in [0.1, 0.15) is 18.3 Å². The van der Waals surface area contributed by atoms with Gasteiger partial charge in [-0.2, -0.15) is 0 Å². The fourth-order valence-electron chi connectivity index (χ4n) is 3.52. The van der Waals surface area contributed by atoms with Gasteiger partial charge in [0.25, 0.3) is 0 Å². The second-order valence-corrected chi connectivity index (χ2v) is 6.66. The molecule has 0 amide bonds. The highest BCUT2D eigenvalue weighted by Gasteiger charge is 2.19. The van der Waals surface area contributed by atoms with Crippen LogP contribution in [0.5, 0.6) is 0 Å². The molecule has 0 bridgehead atoms. The molecule has 0 radical (unpaired) electrons. The molecule has 0 spiro atoms. The average molecular weight is 484 g/mol. The highest BCUT2D eigenvalue weighted by Crippen LogP contribution is 2.32. The van der Waals surface area contributed by atoms with E-state index < -0.39 is 0 Å². The topological polar surface area (TPSA) is 35.1 Å². The Labute approximate surface area is 181 Å². The Hall–Kier alpha value is -2.67. The molecular weight excluding hydrogens is 463 g/mol. The first-order chi connectivity index (χ1) is 13.1. The van der Waals surface area contributed by atoms with Gasteiger partial charge in [0.2, 0.25) is 0 Å². The summed E-state index contributed by atoms with van der Waals surface area (Å²) < 4.78 is 8.84. The number of halogens is 1. The number of fused-ring (bicyclic) bond motifs is 1. The van der Waals surface area contributed by atoms with Gasteiger partial charge in [-0.05, 0) is 28.8 Å². The Morgan fingerprint density at radius 3 is 2.32 bits per heavy atom. The summed E-state index contributed by atoms with van der Waals surface area (Å²) in [4.78, 5) is 12.1. The lowest BCUT2D eigenvalue weighted by molar-refractivity contribution is -0.669. The molecule has 0 aliphatic heterocycles. The summed E-state index contributed by atoms with van der Waals surface area (Å²) in [6, 6.07) is 20.7. The number of carbonyl (C=O) groups is 1. The smallest absolute Gasteiger partial charge is 0.354 e. The van der Waals surface area contributed by atoms with Crippen LogP contribution in [0.25, 0.3) is 33.2 Å². The summed E-state index contributed by atoms with van der Waals surface area (Å²) in [7, 11) is 5.29. The van der Waals surface area contributed by atoms with Gasteiger partial charge in [0.15, 0.2) is 12.4 Å². The van der Waals surface area contributed by atoms with Crippen molar-refractivity contribution in [1.29, 1.82) is 0 Å². The highest BCUT2D eigenvalue weighted by atomic mass is 127. The quantitative estimate of drug-likeness (QED) is 0.248. The van der Waals surface area contributed by atoms with Gasteiger partial charge in [-0.1, -0.05) is 48.5 Å². The van der Waals surface area contributed by atoms with Crippen LogP contribution in [0, 0.1) is 0 Å². The predicted molar refractivity (Wildman–Crippen MR) is 106 cm³/mol. The number of aromatic nitrogens is 2. The van der Waals surface area contributed by atoms with Crippen molar-refractivity contribution >= 4 is 16.9 Å². The van der Waals surface area contributed by atoms with Crippen LogP contribution >= 0.6 is 0 Å². The third-order valence-corrected chi connectivity index (χ3v) is 4.90. The third-order valence-electron chi connectivity index (χ3n) is 4.90. The second-order valence-electron chi connectivity index (χ2n) is 6.66. The molecule has 5 heteroatoms. The number of hydrogen-bond donors (Lipinski definition) is 0. The average Bonchev–Trinajstić information content (AvgIpc) is 3.04. The summed E-state index contributed by atoms with van der Waals surface area (Å²) in [6.45, 7) is 0. The lowest BCUT2D eigenvalue weighted by atomic mass is 9.98. The minimum atomic E-state index is -0.333. The van der Waals surface area contributed by atoms with E-state index >= 15 is 0 Å². The maximum absolute atomic E-state index is 12.1. The van der Waals surface area contributed by atoms with Crippen LogP contribution < -0.4 is 28.5 Å². The summed E-state index contributed by atoms with van der Waals surface area (Å²) in [5, 5.41) is 1.03. The maximum atomic E-state index is 12.1. The fraction of sp³-hybridized carbons (Fsp3) is 0.130. The van der Waals surface area contributed by atoms with Crippen LogP contribution in [0.2, 0.25) is 0 Å². The van der Waals surface area contributed by atoms with Crippen molar-refractivity contribution in [1.82, 2.24) is 4.57 Å². The number of rotatable bonds is 3. The predicted octanol–water partition coefficient (Wildman–Crippen LogP) is 1.13. The van der Waals surface area contributed by atoms with Crippen molar-refractivity contribution in [2.75, 3.05) is 7.11 Å². The lowest BCUT2D eigenvalue weighted by Gasteiger charge is -2.07. The van der Waals surface area contributed by atoms with Crippen LogP contribution in [-0.4, -0.2) is 17.6 Å². The van der Waals surface area contributed by atoms with Crippen LogP contribution in [0.4, 0.5) is 0 Å². The van der Waals surface area contributed by atoms with Crippen molar-refractivity contribution < 1.29 is 38.1 Å². The van der Waals surface area contributed by atoms with E-state index in [1.54, 1.807) is 0 Å². The number of carbonyl (C=O) groups excluding carboxylic acids is 1. The van der Waals surface area contributed by atoms with Crippen LogP contribution in [0.3, 0.4) is 0 Å². The molecule has 0 N–H and O–H groups in total. The first-order valence-corrected chi connectivity index (χ1v) is 8.81. The van der Waals surface area contributed by atoms with Crippen LogP contribution in [0.15, 0.2) is 73.1 Å². The number of hydrogen-bond acceptors (Lipinski definition) is 2. The van der Waals surface area contributed by atoms with Crippen molar-refractivity contribution in [3.05, 3.63) is 78.8 Å². The van der Waals surface area contributed by atoms with Crippen LogP contribution in [-0.2, 0) is 18.8 Å². The van der Waals surface area contributed by atoms with Crippen molar-refractivity contribution in [2.45, 2.75) is 0 Å². The van der Waals surface area contributed by atoms with E-state index in [4.69, 9.17) is 4.74 Å². The van der Waals surface area contributed by atoms with E-state index in [-0.39, 0.29) is 29.9 Å². The molecule has 0 unspecified atom stereocenters. The first kappa shape index (κ1) is 20.1. The van der Waals surface area contributed by atoms with E-state index in [2.05, 4.69) is 42.6 Å². The van der Waals surface area contributed by atoms with Crippen molar-refractivity contribution in [2.24, 2.45) is 14.1 Å². The number of aryl methyl sites for hydroxylation is 2. The Bertz CT molecular complexity index is 1150. The highest BCUT2D eigenvalue weighted by molar-refractivity contribution is 6.01. The fourth-order valence-corrected chi connectivity index (χ4v) is 3.52. The summed E-state index contributed by atoms with van der Waals surface area (Å²) >= 11 is 0. The summed E-state index contributed by atoms with van der Waals surface area (Å²) in [6.07, 6.45) is 4.11. The number of nitrogens with zero attached hydrogens (tertiary/aromatic N) is 2. The Morgan fingerprint density at radius 2 is 1.61 bits per heavy atom. The normalized spacial score (nSPS) is 10.5. The zero-order valence-electron chi connectivity index (χ0n) is 16.0. The summed E-state index contributed by atoms with van der Waals surface area (Å²) in [5.74, 6) is -0.333. The van der Waals surface area contributed by atoms with Crippen molar-refractivity contribution in [3.63, 3.8) is 0 Å². The molecule has 2 heterocycles. The molecule has 0 aliphatic carbocycles. The molecule has 4 aromatic rings. The van der Waals surface area contributed by atoms with E-state index in [1.807, 2.05) is 53.7 Å². The molecule has 0 atom stereocenters. The Balaban J connectivity index is 0.00000225. The molecule has 0 saturated heterocycles. The number of benzene rings is 2. The third kappa shape index (κ3) is 3.54. The molecule has 2 aromatic carbocycles. The minimum absolute atomic E-state index is 0. The molecule has 0 saturated carbocycles. The zero-order valence-corrected chi connectivity index (χ0v) is 18.2. The number of esters is 1. The van der Waals surface area contributed by atoms with Gasteiger partial charge < -0.3 is 33.3 Å². The molecule has 4 rings (SSSR count). The molecule has 4 nitrogen and oxygen atoms in total. The molecule has 0 aliphatic rings. The van der Waals surface area contributed by atoms with E-state index in [0.717, 1.165) is 27.6 Å². The SMILES string of the molecule is COC(=O)c1cc2c(-c3cccc(-c4ccccc4)c3)c[n+](C)cc2n1C.[I-]. The maximum Gasteiger partial charge on any atom is 0.354 e. The minimum Gasteiger partial charge on any atom is -1.00 e. The second kappa shape index (κ2) is 8.14. The van der Waals surface area contributed by atoms with E-state index in [0.29, 0.717) is 5.69 Å². The van der Waals surface area contributed by atoms with Gasteiger partial charge in [0.05, 0.1) is 12.7 Å². The van der Waals surface area contributed by atoms with Crippen LogP contribution in [0.1, 0.15) is 10.5 Å². The van der Waals surface area contributed by atoms with Gasteiger partial charge in [0, 0.05) is 12.4 Å². The number of pyridine rings is 1. The molecular formula is C23H21IN2O2. The van der Waals surface area contributed by atoms with Gasteiger partial charge >= 0.3 is 5.97 Å². The lowest BCUT2D eigenvalue weighted by Crippen LogP contribution is -3.00. The van der Waals surface area contributed by atoms with Gasteiger partial charge in [-0.15, -0.1) is 0 Å². The van der Waals surface area contributed by atoms with Gasteiger partial charge in [-0.3, -0.25) is 0 Å². The number of ether oxygens (including phenoxy) is 1. The zero-order chi connectivity index (χ0) is 19.0. The van der Waals surface area contributed by atoms with Gasteiger partial charge in [-0.25, -0.2) is 9.36 Å². The van der Waals surface area contributed by atoms with E-state index in [9.17, 15) is 4.79 Å². The van der Waals surface area contributed by atoms with E-state index in [1.165, 1.54) is 12.7 Å². The molecule has 0 fully saturated rings. The largest absolute Gasteiger partial charge is 1.00 e. The standard InChI is InChI=1S/C23H21N2O2.HI/c1-24-14-20(19-13-21(23(26)27-3)25(2)22(19)15-24)18-11-7-10-17(12-18)16-8-5-4-6-9-16;/h4-15H,1-3H3;1H/q+1;/p-1. The van der Waals surface area contributed by atoms with Crippen molar-refractivity contribution in [3.8, 4) is 22.3 Å². The molecule has 2 aromatic heterocycles. The first-order valence-electron chi connectivity index (χ1n) is 8.81. The molecule has 142 valence electrons. The monoisotopic (exact) mass is 484 g/mol. The Morgan fingerprint density at radius 1 is 0.929 bits per heavy atom.